The van der Waals surface area contributed by atoms with Crippen molar-refractivity contribution in [3.05, 3.63) is 17.5 Å². The summed E-state index contributed by atoms with van der Waals surface area (Å²) in [5.74, 6) is 0. The molecule has 0 unspecified atom stereocenters. The first-order valence-corrected chi connectivity index (χ1v) is 8.91. The van der Waals surface area contributed by atoms with Gasteiger partial charge in [0.05, 0.1) is 31.1 Å². The molecular formula is C18H29N3O4. The number of aryl methyl sites for hydroxylation is 1. The molecule has 3 heterocycles. The number of fused-ring (bicyclic) bond motifs is 2. The molecule has 1 fully saturated rings. The lowest BCUT2D eigenvalue weighted by molar-refractivity contribution is -0.131. The summed E-state index contributed by atoms with van der Waals surface area (Å²) in [5.41, 5.74) is 1.41. The lowest BCUT2D eigenvalue weighted by Crippen LogP contribution is -2.51. The van der Waals surface area contributed by atoms with Crippen LogP contribution in [0.1, 0.15) is 50.9 Å². The summed E-state index contributed by atoms with van der Waals surface area (Å²) < 4.78 is 19.2. The molecule has 0 N–H and O–H groups in total. The van der Waals surface area contributed by atoms with E-state index in [2.05, 4.69) is 16.7 Å². The molecule has 0 aromatic carbocycles. The lowest BCUT2D eigenvalue weighted by Gasteiger charge is -2.46. The Morgan fingerprint density at radius 3 is 2.68 bits per heavy atom. The number of likely N-dealkylation sites (tertiary alicyclic amines) is 1. The molecule has 25 heavy (non-hydrogen) atoms. The van der Waals surface area contributed by atoms with E-state index in [0.29, 0.717) is 26.3 Å². The first-order chi connectivity index (χ1) is 11.8. The van der Waals surface area contributed by atoms with Crippen LogP contribution in [0.15, 0.2) is 6.20 Å². The van der Waals surface area contributed by atoms with Crippen LogP contribution in [0.25, 0.3) is 0 Å². The van der Waals surface area contributed by atoms with Gasteiger partial charge < -0.3 is 19.1 Å². The van der Waals surface area contributed by atoms with Crippen LogP contribution in [0.3, 0.4) is 0 Å². The number of carbonyl (C=O) groups is 1. The molecule has 1 spiro atoms. The second-order valence-electron chi connectivity index (χ2n) is 8.00. The Hall–Kier alpha value is -1.60. The molecule has 1 amide bonds. The first kappa shape index (κ1) is 18.2. The molecule has 7 nitrogen and oxygen atoms in total. The molecule has 2 aliphatic rings. The van der Waals surface area contributed by atoms with Crippen LogP contribution in [-0.4, -0.2) is 59.8 Å². The molecule has 1 atom stereocenters. The average Bonchev–Trinajstić information content (AvgIpc) is 2.93. The molecule has 0 aliphatic carbocycles. The maximum atomic E-state index is 12.3. The summed E-state index contributed by atoms with van der Waals surface area (Å²) >= 11 is 0. The normalized spacial score (nSPS) is 22.8. The predicted octanol–water partition coefficient (Wildman–Crippen LogP) is 2.64. The number of hydrogen-bond acceptors (Lipinski definition) is 5. The summed E-state index contributed by atoms with van der Waals surface area (Å²) in [4.78, 5) is 14.1. The van der Waals surface area contributed by atoms with Crippen LogP contribution in [-0.2, 0) is 19.8 Å². The second-order valence-corrected chi connectivity index (χ2v) is 8.00. The molecule has 7 heteroatoms. The molecular weight excluding hydrogens is 322 g/mol. The van der Waals surface area contributed by atoms with Gasteiger partial charge in [0, 0.05) is 20.2 Å². The summed E-state index contributed by atoms with van der Waals surface area (Å²) in [5, 5.41) is 4.56. The van der Waals surface area contributed by atoms with Crippen LogP contribution >= 0.6 is 0 Å². The predicted molar refractivity (Wildman–Crippen MR) is 92.5 cm³/mol. The van der Waals surface area contributed by atoms with Crippen molar-refractivity contribution in [1.82, 2.24) is 14.7 Å². The van der Waals surface area contributed by atoms with Gasteiger partial charge in [0.1, 0.15) is 11.2 Å². The van der Waals surface area contributed by atoms with Crippen molar-refractivity contribution in [2.45, 2.75) is 57.8 Å². The third kappa shape index (κ3) is 3.53. The van der Waals surface area contributed by atoms with E-state index in [1.165, 1.54) is 0 Å². The van der Waals surface area contributed by atoms with Gasteiger partial charge in [-0.05, 0) is 46.1 Å². The highest BCUT2D eigenvalue weighted by Crippen LogP contribution is 2.43. The van der Waals surface area contributed by atoms with Gasteiger partial charge >= 0.3 is 6.09 Å². The highest BCUT2D eigenvalue weighted by Gasteiger charge is 2.46. The van der Waals surface area contributed by atoms with Crippen LogP contribution in [0.4, 0.5) is 4.79 Å². The maximum Gasteiger partial charge on any atom is 0.410 e. The molecule has 1 saturated heterocycles. The molecule has 0 saturated carbocycles. The van der Waals surface area contributed by atoms with Gasteiger partial charge in [0.15, 0.2) is 0 Å². The Kier molecular flexibility index (Phi) is 4.81. The SMILES string of the molecule is COC[C@@H]1COC2(CCN(C(=O)OC(C)(C)C)CC2)c2c(C)cnn21. The van der Waals surface area contributed by atoms with Crippen molar-refractivity contribution in [3.63, 3.8) is 0 Å². The largest absolute Gasteiger partial charge is 0.444 e. The lowest BCUT2D eigenvalue weighted by atomic mass is 9.84. The fraction of sp³-hybridized carbons (Fsp3) is 0.778. The average molecular weight is 351 g/mol. The smallest absolute Gasteiger partial charge is 0.410 e. The number of piperidine rings is 1. The highest BCUT2D eigenvalue weighted by atomic mass is 16.6. The number of nitrogens with zero attached hydrogens (tertiary/aromatic N) is 3. The quantitative estimate of drug-likeness (QED) is 0.819. The Bertz CT molecular complexity index is 627. The van der Waals surface area contributed by atoms with Crippen molar-refractivity contribution in [2.24, 2.45) is 0 Å². The topological polar surface area (TPSA) is 65.8 Å². The minimum Gasteiger partial charge on any atom is -0.444 e. The zero-order valence-corrected chi connectivity index (χ0v) is 15.9. The molecule has 2 aliphatic heterocycles. The minimum absolute atomic E-state index is 0.100. The van der Waals surface area contributed by atoms with Crippen LogP contribution < -0.4 is 0 Å². The number of hydrogen-bond donors (Lipinski definition) is 0. The standard InChI is InChI=1S/C18H29N3O4/c1-13-10-19-21-14(11-23-5)12-24-18(15(13)21)6-8-20(9-7-18)16(22)25-17(2,3)4/h10,14H,6-9,11-12H2,1-5H3/t14-/m1/s1. The highest BCUT2D eigenvalue weighted by molar-refractivity contribution is 5.68. The molecule has 0 radical (unpaired) electrons. The number of methoxy groups -OCH3 is 1. The van der Waals surface area contributed by atoms with Crippen LogP contribution in [0.2, 0.25) is 0 Å². The van der Waals surface area contributed by atoms with Gasteiger partial charge in [-0.15, -0.1) is 0 Å². The van der Waals surface area contributed by atoms with E-state index >= 15 is 0 Å². The van der Waals surface area contributed by atoms with Gasteiger partial charge in [-0.25, -0.2) is 4.79 Å². The number of carbonyl (C=O) groups excluding carboxylic acids is 1. The van der Waals surface area contributed by atoms with Gasteiger partial charge in [0.2, 0.25) is 0 Å². The van der Waals surface area contributed by atoms with E-state index in [-0.39, 0.29) is 17.7 Å². The summed E-state index contributed by atoms with van der Waals surface area (Å²) in [7, 11) is 1.69. The first-order valence-electron chi connectivity index (χ1n) is 8.91. The maximum absolute atomic E-state index is 12.3. The molecule has 140 valence electrons. The zero-order valence-electron chi connectivity index (χ0n) is 15.9. The molecule has 0 bridgehead atoms. The number of amides is 1. The summed E-state index contributed by atoms with van der Waals surface area (Å²) in [6, 6.07) is 0.100. The number of ether oxygens (including phenoxy) is 3. The van der Waals surface area contributed by atoms with E-state index in [0.717, 1.165) is 24.1 Å². The fourth-order valence-electron chi connectivity index (χ4n) is 3.76. The zero-order chi connectivity index (χ0) is 18.2. The third-order valence-electron chi connectivity index (χ3n) is 4.89. The van der Waals surface area contributed by atoms with Crippen molar-refractivity contribution >= 4 is 6.09 Å². The van der Waals surface area contributed by atoms with E-state index in [9.17, 15) is 4.79 Å². The Morgan fingerprint density at radius 2 is 2.08 bits per heavy atom. The number of rotatable bonds is 2. The van der Waals surface area contributed by atoms with Crippen molar-refractivity contribution in [1.29, 1.82) is 0 Å². The van der Waals surface area contributed by atoms with Gasteiger partial charge in [-0.1, -0.05) is 0 Å². The monoisotopic (exact) mass is 351 g/mol. The van der Waals surface area contributed by atoms with Crippen molar-refractivity contribution in [3.8, 4) is 0 Å². The van der Waals surface area contributed by atoms with Gasteiger partial charge in [0.25, 0.3) is 0 Å². The van der Waals surface area contributed by atoms with Gasteiger partial charge in [-0.3, -0.25) is 4.68 Å². The summed E-state index contributed by atoms with van der Waals surface area (Å²) in [6.45, 7) is 10.1. The van der Waals surface area contributed by atoms with Gasteiger partial charge in [-0.2, -0.15) is 5.10 Å². The third-order valence-corrected chi connectivity index (χ3v) is 4.89. The molecule has 1 aromatic heterocycles. The Balaban J connectivity index is 1.75. The Morgan fingerprint density at radius 1 is 1.40 bits per heavy atom. The van der Waals surface area contributed by atoms with Crippen molar-refractivity contribution in [2.75, 3.05) is 33.4 Å². The van der Waals surface area contributed by atoms with E-state index < -0.39 is 5.60 Å². The molecule has 1 aromatic rings. The number of aromatic nitrogens is 2. The van der Waals surface area contributed by atoms with E-state index in [4.69, 9.17) is 14.2 Å². The Labute approximate surface area is 149 Å². The van der Waals surface area contributed by atoms with Crippen molar-refractivity contribution < 1.29 is 19.0 Å². The second kappa shape index (κ2) is 6.61. The summed E-state index contributed by atoms with van der Waals surface area (Å²) in [6.07, 6.45) is 3.15. The van der Waals surface area contributed by atoms with E-state index in [1.807, 2.05) is 27.0 Å². The van der Waals surface area contributed by atoms with Crippen LogP contribution in [0, 0.1) is 6.92 Å². The molecule has 3 rings (SSSR count). The fourth-order valence-corrected chi connectivity index (χ4v) is 3.76. The minimum atomic E-state index is -0.476. The van der Waals surface area contributed by atoms with E-state index in [1.54, 1.807) is 12.0 Å². The van der Waals surface area contributed by atoms with Crippen LogP contribution in [0.5, 0.6) is 0 Å².